The number of piperazine rings is 1. The molecule has 6 bridgehead atoms. The lowest BCUT2D eigenvalue weighted by Gasteiger charge is -2.41. The van der Waals surface area contributed by atoms with Gasteiger partial charge in [-0.2, -0.15) is 0 Å². The molecule has 4 atom stereocenters. The minimum absolute atomic E-state index is 0.197. The maximum Gasteiger partial charge on any atom is 0.141 e. The summed E-state index contributed by atoms with van der Waals surface area (Å²) in [5.74, 6) is 0.130. The number of fused-ring (bicyclic) bond motifs is 2. The molecule has 3 aliphatic heterocycles. The van der Waals surface area contributed by atoms with Gasteiger partial charge < -0.3 is 10.2 Å². The van der Waals surface area contributed by atoms with E-state index in [-0.39, 0.29) is 23.4 Å². The fraction of sp³-hybridized carbons (Fsp3) is 0.684. The normalized spacial score (nSPS) is 38.5. The predicted octanol–water partition coefficient (Wildman–Crippen LogP) is 1.86. The molecule has 0 saturated carbocycles. The number of hydrogen-bond donors (Lipinski definition) is 1. The van der Waals surface area contributed by atoms with E-state index in [2.05, 4.69) is 29.4 Å². The second-order valence-electron chi connectivity index (χ2n) is 7.74. The fourth-order valence-electron chi connectivity index (χ4n) is 4.71. The highest BCUT2D eigenvalue weighted by Gasteiger charge is 2.37. The van der Waals surface area contributed by atoms with Crippen LogP contribution >= 0.6 is 0 Å². The van der Waals surface area contributed by atoms with E-state index in [0.717, 1.165) is 38.8 Å². The number of Topliss-reactive ketones (excluding diaryl/α,β-unsaturated/α-hetero) is 2. The summed E-state index contributed by atoms with van der Waals surface area (Å²) >= 11 is 0. The minimum atomic E-state index is -0.197. The topological polar surface area (TPSA) is 49.4 Å². The Morgan fingerprint density at radius 1 is 0.957 bits per heavy atom. The van der Waals surface area contributed by atoms with E-state index in [1.54, 1.807) is 0 Å². The van der Waals surface area contributed by atoms with Gasteiger partial charge in [0.2, 0.25) is 0 Å². The molecule has 0 radical (unpaired) electrons. The number of allylic oxidation sites excluding steroid dienone is 2. The first-order chi connectivity index (χ1) is 11.1. The lowest BCUT2D eigenvalue weighted by atomic mass is 9.73. The molecule has 3 heterocycles. The first-order valence-corrected chi connectivity index (χ1v) is 8.98. The smallest absolute Gasteiger partial charge is 0.141 e. The van der Waals surface area contributed by atoms with Crippen LogP contribution in [0.3, 0.4) is 0 Å². The maximum absolute atomic E-state index is 12.4. The van der Waals surface area contributed by atoms with E-state index in [0.29, 0.717) is 24.9 Å². The molecule has 0 aromatic carbocycles. The van der Waals surface area contributed by atoms with Gasteiger partial charge in [0.05, 0.1) is 0 Å². The van der Waals surface area contributed by atoms with Crippen molar-refractivity contribution >= 4 is 11.6 Å². The summed E-state index contributed by atoms with van der Waals surface area (Å²) in [4.78, 5) is 27.3. The van der Waals surface area contributed by atoms with Gasteiger partial charge >= 0.3 is 0 Å². The van der Waals surface area contributed by atoms with Crippen LogP contribution in [-0.2, 0) is 9.59 Å². The number of carbonyl (C=O) groups excluding carboxylic acids is 2. The molecule has 0 aromatic heterocycles. The van der Waals surface area contributed by atoms with E-state index in [9.17, 15) is 9.59 Å². The van der Waals surface area contributed by atoms with Gasteiger partial charge in [0, 0.05) is 49.9 Å². The second-order valence-corrected chi connectivity index (χ2v) is 7.74. The third-order valence-electron chi connectivity index (χ3n) is 6.13. The van der Waals surface area contributed by atoms with Gasteiger partial charge in [0.1, 0.15) is 11.6 Å². The Morgan fingerprint density at radius 3 is 2.17 bits per heavy atom. The van der Waals surface area contributed by atoms with E-state index < -0.39 is 0 Å². The fourth-order valence-corrected chi connectivity index (χ4v) is 4.71. The van der Waals surface area contributed by atoms with Crippen molar-refractivity contribution < 1.29 is 9.59 Å². The summed E-state index contributed by atoms with van der Waals surface area (Å²) in [6.45, 7) is 2.09. The summed E-state index contributed by atoms with van der Waals surface area (Å²) in [5.41, 5.74) is 2.74. The summed E-state index contributed by atoms with van der Waals surface area (Å²) in [7, 11) is 2.22. The van der Waals surface area contributed by atoms with Crippen LogP contribution in [0, 0.1) is 11.8 Å². The van der Waals surface area contributed by atoms with E-state index in [1.807, 2.05) is 0 Å². The van der Waals surface area contributed by atoms with Crippen LogP contribution in [0.5, 0.6) is 0 Å². The van der Waals surface area contributed by atoms with Crippen molar-refractivity contribution in [3.8, 4) is 0 Å². The highest BCUT2D eigenvalue weighted by molar-refractivity contribution is 5.93. The number of nitrogens with one attached hydrogen (secondary N) is 1. The number of carbonyl (C=O) groups is 2. The molecule has 1 N–H and O–H groups in total. The van der Waals surface area contributed by atoms with Crippen LogP contribution in [0.2, 0.25) is 0 Å². The Kier molecular flexibility index (Phi) is 3.98. The number of nitrogens with zero attached hydrogens (tertiary/aromatic N) is 1. The number of rotatable bonds is 0. The molecular weight excluding hydrogens is 288 g/mol. The molecule has 1 fully saturated rings. The average molecular weight is 314 g/mol. The summed E-state index contributed by atoms with van der Waals surface area (Å²) in [5, 5.41) is 3.70. The molecule has 1 saturated heterocycles. The Labute approximate surface area is 138 Å². The first kappa shape index (κ1) is 15.3. The third-order valence-corrected chi connectivity index (χ3v) is 6.13. The van der Waals surface area contributed by atoms with Gasteiger partial charge in [-0.25, -0.2) is 0 Å². The van der Waals surface area contributed by atoms with E-state index in [1.165, 1.54) is 11.1 Å². The molecule has 0 unspecified atom stereocenters. The monoisotopic (exact) mass is 314 g/mol. The van der Waals surface area contributed by atoms with Gasteiger partial charge in [0.15, 0.2) is 0 Å². The van der Waals surface area contributed by atoms with Gasteiger partial charge in [-0.15, -0.1) is 0 Å². The van der Waals surface area contributed by atoms with Crippen molar-refractivity contribution in [3.05, 3.63) is 23.3 Å². The molecule has 124 valence electrons. The van der Waals surface area contributed by atoms with Gasteiger partial charge in [-0.1, -0.05) is 23.3 Å². The molecule has 5 rings (SSSR count). The van der Waals surface area contributed by atoms with Gasteiger partial charge in [0.25, 0.3) is 0 Å². The number of likely N-dealkylation sites (N-methyl/N-ethyl adjacent to an activating group) is 1. The van der Waals surface area contributed by atoms with Crippen LogP contribution in [0.15, 0.2) is 23.3 Å². The summed E-state index contributed by atoms with van der Waals surface area (Å²) < 4.78 is 0. The quantitative estimate of drug-likeness (QED) is 0.694. The summed E-state index contributed by atoms with van der Waals surface area (Å²) in [6.07, 6.45) is 9.29. The summed E-state index contributed by atoms with van der Waals surface area (Å²) in [6, 6.07) is 0.982. The van der Waals surface area contributed by atoms with Crippen molar-refractivity contribution in [1.29, 1.82) is 0 Å². The Bertz CT molecular complexity index is 592. The first-order valence-electron chi connectivity index (χ1n) is 8.98. The zero-order chi connectivity index (χ0) is 16.0. The van der Waals surface area contributed by atoms with Crippen LogP contribution < -0.4 is 5.32 Å². The highest BCUT2D eigenvalue weighted by Crippen LogP contribution is 2.36. The van der Waals surface area contributed by atoms with Gasteiger partial charge in [-0.05, 0) is 32.7 Å². The third kappa shape index (κ3) is 2.94. The molecule has 0 aromatic rings. The van der Waals surface area contributed by atoms with Crippen molar-refractivity contribution in [1.82, 2.24) is 10.2 Å². The zero-order valence-electron chi connectivity index (χ0n) is 13.9. The van der Waals surface area contributed by atoms with E-state index >= 15 is 0 Å². The molecule has 23 heavy (non-hydrogen) atoms. The zero-order valence-corrected chi connectivity index (χ0v) is 13.9. The van der Waals surface area contributed by atoms with Crippen LogP contribution in [0.4, 0.5) is 0 Å². The lowest BCUT2D eigenvalue weighted by molar-refractivity contribution is -0.130. The predicted molar refractivity (Wildman–Crippen MR) is 89.1 cm³/mol. The molecule has 4 heteroatoms. The Balaban J connectivity index is 1.73. The largest absolute Gasteiger partial charge is 0.311 e. The van der Waals surface area contributed by atoms with Crippen LogP contribution in [-0.4, -0.2) is 48.7 Å². The van der Waals surface area contributed by atoms with Crippen molar-refractivity contribution in [2.45, 2.75) is 50.6 Å². The number of ketones is 2. The van der Waals surface area contributed by atoms with Crippen LogP contribution in [0.1, 0.15) is 38.5 Å². The molecule has 0 spiro atoms. The standard InChI is InChI=1S/C19H26N2O2/c1-21-11-14-6-12-2-4-18(22)16(8-12)17-9-13(3-5-19(17)23)7-15(21)10-20-14/h8-9,14-17,20H,2-7,10-11H2,1H3/t14-,15-,16-,17+/m0/s1. The van der Waals surface area contributed by atoms with Crippen LogP contribution in [0.25, 0.3) is 0 Å². The van der Waals surface area contributed by atoms with Crippen molar-refractivity contribution in [2.75, 3.05) is 20.1 Å². The highest BCUT2D eigenvalue weighted by atomic mass is 16.1. The lowest BCUT2D eigenvalue weighted by Crippen LogP contribution is -2.55. The Hall–Kier alpha value is -1.26. The number of hydrogen-bond acceptors (Lipinski definition) is 4. The molecule has 4 nitrogen and oxygen atoms in total. The average Bonchev–Trinajstić information content (AvgIpc) is 2.53. The van der Waals surface area contributed by atoms with Gasteiger partial charge in [-0.3, -0.25) is 9.59 Å². The second kappa shape index (κ2) is 5.99. The van der Waals surface area contributed by atoms with E-state index in [4.69, 9.17) is 0 Å². The molecular formula is C19H26N2O2. The SMILES string of the molecule is CN1C[C@@H]2CC3=C[C@H](C(=O)CC3)[C@H]3C=C(CCC3=O)C[C@H]1CN2. The molecule has 2 aliphatic carbocycles. The molecule has 5 aliphatic rings. The van der Waals surface area contributed by atoms with Crippen molar-refractivity contribution in [3.63, 3.8) is 0 Å². The minimum Gasteiger partial charge on any atom is -0.311 e. The van der Waals surface area contributed by atoms with Crippen molar-refractivity contribution in [2.24, 2.45) is 11.8 Å². The maximum atomic E-state index is 12.4. The Morgan fingerprint density at radius 2 is 1.57 bits per heavy atom. The molecule has 0 amide bonds.